The minimum atomic E-state index is -0.254. The van der Waals surface area contributed by atoms with Gasteiger partial charge in [0, 0.05) is 23.5 Å². The van der Waals surface area contributed by atoms with E-state index in [4.69, 9.17) is 10.8 Å². The summed E-state index contributed by atoms with van der Waals surface area (Å²) in [5.41, 5.74) is 9.83. The van der Waals surface area contributed by atoms with Crippen molar-refractivity contribution in [1.82, 2.24) is 19.2 Å². The van der Waals surface area contributed by atoms with Gasteiger partial charge in [0.2, 0.25) is 5.91 Å². The van der Waals surface area contributed by atoms with Crippen LogP contribution in [0.4, 0.5) is 11.5 Å². The number of nitrogens with two attached hydrogens (primary N) is 1. The fraction of sp³-hybridized carbons (Fsp3) is 0.167. The third-order valence-electron chi connectivity index (χ3n) is 5.82. The van der Waals surface area contributed by atoms with Crippen LogP contribution in [0.25, 0.3) is 22.3 Å². The summed E-state index contributed by atoms with van der Waals surface area (Å²) < 4.78 is 1.70. The number of phenolic OH excluding ortho intramolecular Hbond substituents is 2. The molecule has 9 nitrogen and oxygen atoms in total. The number of hydrogen-bond donors (Lipinski definition) is 3. The number of hydrogen-bond acceptors (Lipinski definition) is 8. The average Bonchev–Trinajstić information content (AvgIpc) is 3.23. The molecule has 0 bridgehead atoms. The number of benzene rings is 2. The number of carbonyl (C=O) groups is 1. The molecule has 0 spiro atoms. The molecule has 0 aliphatic carbocycles. The highest BCUT2D eigenvalue weighted by molar-refractivity contribution is 7.97. The topological polar surface area (TPSA) is 130 Å². The number of amides is 1. The van der Waals surface area contributed by atoms with E-state index in [1.165, 1.54) is 36.5 Å². The number of nitrogen functional groups attached to an aromatic ring is 1. The summed E-state index contributed by atoms with van der Waals surface area (Å²) >= 11 is 1.47. The predicted octanol–water partition coefficient (Wildman–Crippen LogP) is 3.37. The first kappa shape index (κ1) is 21.8. The van der Waals surface area contributed by atoms with Crippen LogP contribution >= 0.6 is 11.9 Å². The fourth-order valence-corrected chi connectivity index (χ4v) is 5.17. The van der Waals surface area contributed by atoms with Crippen LogP contribution in [-0.4, -0.2) is 47.6 Å². The highest BCUT2D eigenvalue weighted by atomic mass is 32.2. The van der Waals surface area contributed by atoms with E-state index in [-0.39, 0.29) is 29.1 Å². The zero-order chi connectivity index (χ0) is 23.8. The summed E-state index contributed by atoms with van der Waals surface area (Å²) in [6.07, 6.45) is 3.56. The maximum atomic E-state index is 12.5. The van der Waals surface area contributed by atoms with Gasteiger partial charge in [-0.2, -0.15) is 9.19 Å². The first-order valence-corrected chi connectivity index (χ1v) is 11.6. The lowest BCUT2D eigenvalue weighted by Gasteiger charge is -2.33. The molecule has 1 amide bonds. The van der Waals surface area contributed by atoms with Crippen LogP contribution in [0.2, 0.25) is 0 Å². The lowest BCUT2D eigenvalue weighted by molar-refractivity contribution is -0.114. The SMILES string of the molecule is C=CC(=O)N1CC(CSn2nc(-c3ccc(O)c(O)c3)c3c(N)ncnc32)Cc2ccccc21. The molecule has 0 radical (unpaired) electrons. The van der Waals surface area contributed by atoms with E-state index in [0.717, 1.165) is 17.7 Å². The normalized spacial score (nSPS) is 15.3. The zero-order valence-corrected chi connectivity index (χ0v) is 18.9. The maximum absolute atomic E-state index is 12.5. The second kappa shape index (κ2) is 8.71. The Morgan fingerprint density at radius 1 is 1.21 bits per heavy atom. The molecule has 0 saturated carbocycles. The minimum absolute atomic E-state index is 0.123. The molecule has 4 aromatic rings. The monoisotopic (exact) mass is 474 g/mol. The van der Waals surface area contributed by atoms with Gasteiger partial charge in [-0.25, -0.2) is 9.97 Å². The Bertz CT molecular complexity index is 1420. The number of aromatic hydroxyl groups is 2. The van der Waals surface area contributed by atoms with Crippen molar-refractivity contribution in [1.29, 1.82) is 0 Å². The lowest BCUT2D eigenvalue weighted by atomic mass is 9.93. The Balaban J connectivity index is 1.46. The van der Waals surface area contributed by atoms with E-state index in [1.807, 2.05) is 24.3 Å². The molecule has 3 heterocycles. The molecular formula is C24H22N6O3S. The second-order valence-electron chi connectivity index (χ2n) is 8.03. The van der Waals surface area contributed by atoms with Gasteiger partial charge >= 0.3 is 0 Å². The van der Waals surface area contributed by atoms with Crippen LogP contribution in [0.15, 0.2) is 61.4 Å². The van der Waals surface area contributed by atoms with Gasteiger partial charge in [0.15, 0.2) is 17.1 Å². The maximum Gasteiger partial charge on any atom is 0.250 e. The van der Waals surface area contributed by atoms with Gasteiger partial charge in [-0.05, 0) is 60.2 Å². The van der Waals surface area contributed by atoms with E-state index < -0.39 is 0 Å². The van der Waals surface area contributed by atoms with E-state index in [2.05, 4.69) is 16.5 Å². The van der Waals surface area contributed by atoms with Crippen LogP contribution in [0.3, 0.4) is 0 Å². The summed E-state index contributed by atoms with van der Waals surface area (Å²) in [5, 5.41) is 24.9. The van der Waals surface area contributed by atoms with Gasteiger partial charge in [-0.1, -0.05) is 24.8 Å². The van der Waals surface area contributed by atoms with Crippen LogP contribution in [0, 0.1) is 5.92 Å². The fourth-order valence-electron chi connectivity index (χ4n) is 4.20. The standard InChI is InChI=1S/C24H22N6O3S/c1-2-20(33)29-11-14(9-15-5-3-4-6-17(15)29)12-34-30-24-21(23(25)26-13-27-24)22(28-30)16-7-8-18(31)19(32)10-16/h2-8,10,13-14,31-32H,1,9,11-12H2,(H2,25,26,27). The van der Waals surface area contributed by atoms with Crippen molar-refractivity contribution in [3.05, 3.63) is 67.0 Å². The van der Waals surface area contributed by atoms with Crippen LogP contribution < -0.4 is 10.6 Å². The van der Waals surface area contributed by atoms with Crippen molar-refractivity contribution in [3.63, 3.8) is 0 Å². The minimum Gasteiger partial charge on any atom is -0.504 e. The number of phenols is 2. The molecule has 1 atom stereocenters. The molecule has 5 rings (SSSR count). The smallest absolute Gasteiger partial charge is 0.250 e. The molecule has 1 unspecified atom stereocenters. The van der Waals surface area contributed by atoms with E-state index in [1.54, 1.807) is 15.1 Å². The zero-order valence-electron chi connectivity index (χ0n) is 18.1. The van der Waals surface area contributed by atoms with Gasteiger partial charge in [-0.3, -0.25) is 4.79 Å². The largest absolute Gasteiger partial charge is 0.504 e. The van der Waals surface area contributed by atoms with Crippen LogP contribution in [-0.2, 0) is 11.2 Å². The summed E-state index contributed by atoms with van der Waals surface area (Å²) in [4.78, 5) is 22.7. The number of anilines is 2. The van der Waals surface area contributed by atoms with Gasteiger partial charge in [-0.15, -0.1) is 0 Å². The Hall–Kier alpha value is -4.05. The van der Waals surface area contributed by atoms with Crippen molar-refractivity contribution in [2.24, 2.45) is 5.92 Å². The van der Waals surface area contributed by atoms with Crippen molar-refractivity contribution in [2.75, 3.05) is 22.9 Å². The first-order chi connectivity index (χ1) is 16.5. The Kier molecular flexibility index (Phi) is 5.58. The summed E-state index contributed by atoms with van der Waals surface area (Å²) in [6, 6.07) is 12.4. The van der Waals surface area contributed by atoms with Crippen LogP contribution in [0.5, 0.6) is 11.5 Å². The average molecular weight is 475 g/mol. The quantitative estimate of drug-likeness (QED) is 0.296. The molecule has 10 heteroatoms. The second-order valence-corrected chi connectivity index (χ2v) is 8.97. The molecule has 0 saturated heterocycles. The molecular weight excluding hydrogens is 452 g/mol. The highest BCUT2D eigenvalue weighted by Gasteiger charge is 2.28. The van der Waals surface area contributed by atoms with Gasteiger partial charge < -0.3 is 20.8 Å². The van der Waals surface area contributed by atoms with Crippen molar-refractivity contribution < 1.29 is 15.0 Å². The molecule has 0 fully saturated rings. The number of carbonyl (C=O) groups excluding carboxylic acids is 1. The van der Waals surface area contributed by atoms with Crippen molar-refractivity contribution in [2.45, 2.75) is 6.42 Å². The van der Waals surface area contributed by atoms with Crippen LogP contribution in [0.1, 0.15) is 5.56 Å². The Morgan fingerprint density at radius 2 is 2.03 bits per heavy atom. The van der Waals surface area contributed by atoms with E-state index in [0.29, 0.717) is 34.6 Å². The number of nitrogens with zero attached hydrogens (tertiary/aromatic N) is 5. The van der Waals surface area contributed by atoms with Gasteiger partial charge in [0.1, 0.15) is 17.8 Å². The van der Waals surface area contributed by atoms with Crippen molar-refractivity contribution in [3.8, 4) is 22.8 Å². The lowest BCUT2D eigenvalue weighted by Crippen LogP contribution is -2.40. The van der Waals surface area contributed by atoms with E-state index >= 15 is 0 Å². The van der Waals surface area contributed by atoms with E-state index in [9.17, 15) is 15.0 Å². The van der Waals surface area contributed by atoms with Crippen molar-refractivity contribution >= 4 is 40.4 Å². The first-order valence-electron chi connectivity index (χ1n) is 10.6. The van der Waals surface area contributed by atoms with Gasteiger partial charge in [0.05, 0.1) is 5.39 Å². The third-order valence-corrected chi connectivity index (χ3v) is 6.94. The molecule has 4 N–H and O–H groups in total. The number of rotatable bonds is 5. The molecule has 172 valence electrons. The molecule has 1 aliphatic rings. The summed E-state index contributed by atoms with van der Waals surface area (Å²) in [5.74, 6) is 0.535. The third kappa shape index (κ3) is 3.81. The Labute approximate surface area is 199 Å². The highest BCUT2D eigenvalue weighted by Crippen LogP contribution is 2.37. The number of para-hydroxylation sites is 1. The molecule has 2 aromatic carbocycles. The Morgan fingerprint density at radius 3 is 2.82 bits per heavy atom. The number of fused-ring (bicyclic) bond motifs is 2. The molecule has 1 aliphatic heterocycles. The summed E-state index contributed by atoms with van der Waals surface area (Å²) in [6.45, 7) is 4.22. The predicted molar refractivity (Wildman–Crippen MR) is 133 cm³/mol. The summed E-state index contributed by atoms with van der Waals surface area (Å²) in [7, 11) is 0. The number of aromatic nitrogens is 4. The molecule has 34 heavy (non-hydrogen) atoms. The molecule has 2 aromatic heterocycles. The van der Waals surface area contributed by atoms with Gasteiger partial charge in [0.25, 0.3) is 0 Å².